The fourth-order valence-electron chi connectivity index (χ4n) is 3.89. The molecule has 0 aliphatic rings. The average Bonchev–Trinajstić information content (AvgIpc) is 2.67. The quantitative estimate of drug-likeness (QED) is 0.372. The maximum Gasteiger partial charge on any atom is 0.212 e. The Kier molecular flexibility index (Phi) is 4.59. The van der Waals surface area contributed by atoms with Crippen molar-refractivity contribution >= 4 is 13.3 Å². The number of hydrogen-bond donors (Lipinski definition) is 0. The largest absolute Gasteiger partial charge is 0.212 e. The molecule has 0 amide bonds. The summed E-state index contributed by atoms with van der Waals surface area (Å²) in [6.07, 6.45) is 2.27. The topological polar surface area (TPSA) is 3.88 Å². The molecule has 0 fully saturated rings. The zero-order chi connectivity index (χ0) is 23.1. The maximum absolute atomic E-state index is 8.10. The van der Waals surface area contributed by atoms with E-state index in [1.807, 2.05) is 43.3 Å². The molecule has 1 aromatic heterocycles. The lowest BCUT2D eigenvalue weighted by atomic mass is 9.93. The Balaban J connectivity index is 2.34. The predicted octanol–water partition coefficient (Wildman–Crippen LogP) is 6.13. The fraction of sp³-hybridized carbons (Fsp3) is 0.346. The molecule has 3 aromatic rings. The van der Waals surface area contributed by atoms with Crippen LogP contribution in [0.3, 0.4) is 0 Å². The summed E-state index contributed by atoms with van der Waals surface area (Å²) in [6, 6.07) is 16.1. The van der Waals surface area contributed by atoms with E-state index in [0.29, 0.717) is 11.5 Å². The Hall–Kier alpha value is -2.19. The number of benzene rings is 2. The minimum atomic E-state index is -2.17. The van der Waals surface area contributed by atoms with Crippen molar-refractivity contribution in [1.29, 1.82) is 0 Å². The molecular weight excluding hydrogens is 354 g/mol. The van der Waals surface area contributed by atoms with Gasteiger partial charge in [0.1, 0.15) is 7.05 Å². The summed E-state index contributed by atoms with van der Waals surface area (Å²) in [7, 11) is 0.525. The Morgan fingerprint density at radius 2 is 1.61 bits per heavy atom. The van der Waals surface area contributed by atoms with Gasteiger partial charge in [0, 0.05) is 21.3 Å². The van der Waals surface area contributed by atoms with Crippen molar-refractivity contribution in [1.82, 2.24) is 0 Å². The summed E-state index contributed by atoms with van der Waals surface area (Å²) in [4.78, 5) is 0. The van der Waals surface area contributed by atoms with Crippen LogP contribution in [0.2, 0.25) is 19.6 Å². The van der Waals surface area contributed by atoms with Crippen molar-refractivity contribution in [3.05, 3.63) is 71.4 Å². The minimum absolute atomic E-state index is 0.409. The molecule has 0 saturated heterocycles. The van der Waals surface area contributed by atoms with Crippen molar-refractivity contribution in [2.75, 3.05) is 0 Å². The van der Waals surface area contributed by atoms with Crippen molar-refractivity contribution < 1.29 is 8.68 Å². The van der Waals surface area contributed by atoms with Crippen LogP contribution in [0, 0.1) is 13.8 Å². The highest BCUT2D eigenvalue weighted by atomic mass is 28.3. The first-order chi connectivity index (χ1) is 14.3. The normalized spacial score (nSPS) is 13.9. The van der Waals surface area contributed by atoms with Crippen LogP contribution >= 0.6 is 0 Å². The SMILES string of the molecule is [2H]C([2H])([2H])c1cc(C)c(-c2cc([Si](C)(C)C)c(C(C)C)c[n+]2C)cc1-c1ccccc1. The molecule has 0 atom stereocenters. The highest BCUT2D eigenvalue weighted by Crippen LogP contribution is 2.31. The first-order valence-corrected chi connectivity index (χ1v) is 13.6. The van der Waals surface area contributed by atoms with Gasteiger partial charge in [-0.15, -0.1) is 0 Å². The van der Waals surface area contributed by atoms with E-state index in [-0.39, 0.29) is 0 Å². The van der Waals surface area contributed by atoms with E-state index in [1.54, 1.807) is 0 Å². The van der Waals surface area contributed by atoms with Gasteiger partial charge in [0.25, 0.3) is 0 Å². The summed E-state index contributed by atoms with van der Waals surface area (Å²) < 4.78 is 26.5. The van der Waals surface area contributed by atoms with Gasteiger partial charge in [-0.1, -0.05) is 69.9 Å². The van der Waals surface area contributed by atoms with Gasteiger partial charge in [0.2, 0.25) is 5.69 Å². The van der Waals surface area contributed by atoms with Gasteiger partial charge in [-0.2, -0.15) is 0 Å². The molecule has 0 aliphatic carbocycles. The molecule has 0 spiro atoms. The van der Waals surface area contributed by atoms with Gasteiger partial charge in [-0.05, 0) is 53.2 Å². The minimum Gasteiger partial charge on any atom is -0.201 e. The molecule has 3 rings (SSSR count). The van der Waals surface area contributed by atoms with E-state index in [1.165, 1.54) is 10.8 Å². The summed E-state index contributed by atoms with van der Waals surface area (Å²) >= 11 is 0. The monoisotopic (exact) mass is 391 g/mol. The third kappa shape index (κ3) is 3.98. The maximum atomic E-state index is 8.10. The van der Waals surface area contributed by atoms with Crippen LogP contribution in [0.25, 0.3) is 22.4 Å². The number of pyridine rings is 1. The van der Waals surface area contributed by atoms with Gasteiger partial charge < -0.3 is 0 Å². The van der Waals surface area contributed by atoms with Crippen molar-refractivity contribution in [2.24, 2.45) is 7.05 Å². The molecule has 0 saturated carbocycles. The van der Waals surface area contributed by atoms with E-state index in [9.17, 15) is 0 Å². The van der Waals surface area contributed by atoms with Crippen molar-refractivity contribution in [2.45, 2.75) is 53.2 Å². The molecule has 0 N–H and O–H groups in total. The lowest BCUT2D eigenvalue weighted by molar-refractivity contribution is -0.660. The van der Waals surface area contributed by atoms with Crippen molar-refractivity contribution in [3.63, 3.8) is 0 Å². The van der Waals surface area contributed by atoms with Gasteiger partial charge in [-0.3, -0.25) is 0 Å². The predicted molar refractivity (Wildman–Crippen MR) is 125 cm³/mol. The van der Waals surface area contributed by atoms with E-state index < -0.39 is 14.9 Å². The van der Waals surface area contributed by atoms with Gasteiger partial charge in [0.05, 0.1) is 8.07 Å². The molecule has 0 unspecified atom stereocenters. The van der Waals surface area contributed by atoms with Gasteiger partial charge in [-0.25, -0.2) is 4.57 Å². The van der Waals surface area contributed by atoms with Crippen molar-refractivity contribution in [3.8, 4) is 22.4 Å². The van der Waals surface area contributed by atoms with Crippen LogP contribution in [0.5, 0.6) is 0 Å². The Morgan fingerprint density at radius 1 is 0.929 bits per heavy atom. The smallest absolute Gasteiger partial charge is 0.201 e. The second-order valence-corrected chi connectivity index (χ2v) is 14.2. The number of hydrogen-bond acceptors (Lipinski definition) is 0. The summed E-state index contributed by atoms with van der Waals surface area (Å²) in [5.74, 6) is 0.459. The van der Waals surface area contributed by atoms with Crippen LogP contribution in [-0.4, -0.2) is 8.07 Å². The van der Waals surface area contributed by atoms with Crippen LogP contribution in [0.4, 0.5) is 0 Å². The molecule has 1 heterocycles. The molecule has 0 aliphatic heterocycles. The molecule has 0 radical (unpaired) electrons. The number of rotatable bonds is 4. The van der Waals surface area contributed by atoms with Crippen LogP contribution in [0.1, 0.15) is 40.6 Å². The van der Waals surface area contributed by atoms with Gasteiger partial charge >= 0.3 is 0 Å². The lowest BCUT2D eigenvalue weighted by Crippen LogP contribution is -2.45. The highest BCUT2D eigenvalue weighted by molar-refractivity contribution is 6.89. The Bertz CT molecular complexity index is 1090. The molecule has 2 aromatic carbocycles. The van der Waals surface area contributed by atoms with E-state index in [4.69, 9.17) is 4.11 Å². The highest BCUT2D eigenvalue weighted by Gasteiger charge is 2.27. The zero-order valence-corrected chi connectivity index (χ0v) is 19.2. The molecular formula is C26H34NSi+. The van der Waals surface area contributed by atoms with E-state index >= 15 is 0 Å². The van der Waals surface area contributed by atoms with E-state index in [0.717, 1.165) is 27.9 Å². The second kappa shape index (κ2) is 7.67. The average molecular weight is 392 g/mol. The second-order valence-electron chi connectivity index (χ2n) is 9.12. The molecule has 0 bridgehead atoms. The third-order valence-electron chi connectivity index (χ3n) is 5.46. The molecule has 28 heavy (non-hydrogen) atoms. The Labute approximate surface area is 176 Å². The summed E-state index contributed by atoms with van der Waals surface area (Å²) in [5, 5.41) is 1.47. The number of nitrogens with zero attached hydrogens (tertiary/aromatic N) is 1. The van der Waals surface area contributed by atoms with Gasteiger partial charge in [0.15, 0.2) is 6.20 Å². The summed E-state index contributed by atoms with van der Waals surface area (Å²) in [6.45, 7) is 11.5. The lowest BCUT2D eigenvalue weighted by Gasteiger charge is -2.23. The summed E-state index contributed by atoms with van der Waals surface area (Å²) in [5.41, 5.74) is 6.74. The molecule has 1 nitrogen and oxygen atoms in total. The number of aromatic nitrogens is 1. The van der Waals surface area contributed by atoms with Crippen LogP contribution in [0.15, 0.2) is 54.7 Å². The van der Waals surface area contributed by atoms with Crippen LogP contribution < -0.4 is 9.75 Å². The Morgan fingerprint density at radius 3 is 2.18 bits per heavy atom. The standard InChI is InChI=1S/C26H34NSi/c1-18(2)24-17-27(5)25(16-26(24)28(6,7)8)23-15-22(19(3)14-20(23)4)21-12-10-9-11-13-21/h9-18H,1-8H3/q+1/i3D3. The molecule has 146 valence electrons. The van der Waals surface area contributed by atoms with Crippen LogP contribution in [-0.2, 0) is 7.05 Å². The first kappa shape index (κ1) is 16.7. The fourth-order valence-corrected chi connectivity index (χ4v) is 5.68. The third-order valence-corrected chi connectivity index (χ3v) is 7.51. The first-order valence-electron chi connectivity index (χ1n) is 11.6. The number of aryl methyl sites for hydroxylation is 3. The zero-order valence-electron chi connectivity index (χ0n) is 21.2. The van der Waals surface area contributed by atoms with E-state index in [2.05, 4.69) is 63.4 Å². The molecule has 2 heteroatoms.